The fourth-order valence-electron chi connectivity index (χ4n) is 1.65. The third-order valence-corrected chi connectivity index (χ3v) is 2.76. The van der Waals surface area contributed by atoms with Crippen molar-refractivity contribution < 1.29 is 19.7 Å². The molecule has 1 amide bonds. The summed E-state index contributed by atoms with van der Waals surface area (Å²) in [5, 5.41) is 23.0. The molecule has 0 spiro atoms. The number of ether oxygens (including phenoxy) is 1. The lowest BCUT2D eigenvalue weighted by atomic mass is 10.2. The van der Waals surface area contributed by atoms with E-state index in [2.05, 4.69) is 10.5 Å². The first kappa shape index (κ1) is 14.4. The van der Waals surface area contributed by atoms with Gasteiger partial charge in [0.05, 0.1) is 18.9 Å². The molecule has 3 N–H and O–H groups in total. The Morgan fingerprint density at radius 1 is 1.19 bits per heavy atom. The van der Waals surface area contributed by atoms with Crippen molar-refractivity contribution in [2.45, 2.75) is 0 Å². The molecule has 0 atom stereocenters. The number of amides is 1. The van der Waals surface area contributed by atoms with Crippen molar-refractivity contribution in [1.29, 1.82) is 0 Å². The van der Waals surface area contributed by atoms with E-state index in [9.17, 15) is 15.0 Å². The maximum Gasteiger partial charge on any atom is 0.275 e. The summed E-state index contributed by atoms with van der Waals surface area (Å²) in [5.41, 5.74) is 2.82. The molecule has 0 aliphatic heterocycles. The fourth-order valence-corrected chi connectivity index (χ4v) is 1.65. The van der Waals surface area contributed by atoms with Crippen LogP contribution in [0, 0.1) is 0 Å². The number of benzene rings is 2. The van der Waals surface area contributed by atoms with E-state index in [1.54, 1.807) is 24.3 Å². The van der Waals surface area contributed by atoms with Crippen LogP contribution in [0.25, 0.3) is 0 Å². The van der Waals surface area contributed by atoms with Crippen molar-refractivity contribution >= 4 is 12.1 Å². The Bertz CT molecular complexity index is 683. The maximum atomic E-state index is 11.8. The number of para-hydroxylation sites is 1. The Hall–Kier alpha value is -3.02. The average Bonchev–Trinajstić information content (AvgIpc) is 2.49. The SMILES string of the molecule is COc1ccc(/C=N/NC(=O)c2ccccc2O)c(O)c1. The largest absolute Gasteiger partial charge is 0.507 e. The molecule has 0 bridgehead atoms. The third-order valence-electron chi connectivity index (χ3n) is 2.76. The van der Waals surface area contributed by atoms with Crippen molar-refractivity contribution in [2.75, 3.05) is 7.11 Å². The molecular weight excluding hydrogens is 272 g/mol. The molecule has 0 fully saturated rings. The summed E-state index contributed by atoms with van der Waals surface area (Å²) in [6.07, 6.45) is 1.30. The van der Waals surface area contributed by atoms with Gasteiger partial charge in [0.2, 0.25) is 0 Å². The summed E-state index contributed by atoms with van der Waals surface area (Å²) in [6, 6.07) is 10.8. The fraction of sp³-hybridized carbons (Fsp3) is 0.0667. The highest BCUT2D eigenvalue weighted by Crippen LogP contribution is 2.21. The van der Waals surface area contributed by atoms with Crippen LogP contribution in [-0.4, -0.2) is 29.4 Å². The zero-order valence-corrected chi connectivity index (χ0v) is 11.3. The molecule has 0 aromatic heterocycles. The van der Waals surface area contributed by atoms with Crippen LogP contribution in [0.3, 0.4) is 0 Å². The lowest BCUT2D eigenvalue weighted by Gasteiger charge is -2.04. The first-order valence-electron chi connectivity index (χ1n) is 6.10. The highest BCUT2D eigenvalue weighted by molar-refractivity contribution is 5.97. The standard InChI is InChI=1S/C15H14N2O4/c1-21-11-7-6-10(14(19)8-11)9-16-17-15(20)12-4-2-3-5-13(12)18/h2-9,18-19H,1H3,(H,17,20)/b16-9+. The maximum absolute atomic E-state index is 11.8. The molecule has 0 radical (unpaired) electrons. The van der Waals surface area contributed by atoms with E-state index in [0.29, 0.717) is 11.3 Å². The van der Waals surface area contributed by atoms with Crippen LogP contribution >= 0.6 is 0 Å². The van der Waals surface area contributed by atoms with Crippen LogP contribution in [0.15, 0.2) is 47.6 Å². The van der Waals surface area contributed by atoms with Crippen LogP contribution in [0.5, 0.6) is 17.2 Å². The highest BCUT2D eigenvalue weighted by Gasteiger charge is 2.08. The lowest BCUT2D eigenvalue weighted by Crippen LogP contribution is -2.17. The van der Waals surface area contributed by atoms with Gasteiger partial charge in [0.25, 0.3) is 5.91 Å². The first-order valence-corrected chi connectivity index (χ1v) is 6.10. The molecule has 2 aromatic carbocycles. The number of phenolic OH excluding ortho intramolecular Hbond substituents is 2. The summed E-state index contributed by atoms with van der Waals surface area (Å²) >= 11 is 0. The van der Waals surface area contributed by atoms with E-state index in [1.165, 1.54) is 31.5 Å². The zero-order chi connectivity index (χ0) is 15.2. The smallest absolute Gasteiger partial charge is 0.275 e. The van der Waals surface area contributed by atoms with Crippen molar-refractivity contribution in [3.63, 3.8) is 0 Å². The van der Waals surface area contributed by atoms with Gasteiger partial charge in [0.1, 0.15) is 17.2 Å². The molecule has 0 heterocycles. The van der Waals surface area contributed by atoms with Gasteiger partial charge in [-0.15, -0.1) is 0 Å². The lowest BCUT2D eigenvalue weighted by molar-refractivity contribution is 0.0952. The van der Waals surface area contributed by atoms with Crippen LogP contribution in [0.4, 0.5) is 0 Å². The molecule has 0 aliphatic carbocycles. The monoisotopic (exact) mass is 286 g/mol. The average molecular weight is 286 g/mol. The van der Waals surface area contributed by atoms with E-state index in [4.69, 9.17) is 4.74 Å². The van der Waals surface area contributed by atoms with Gasteiger partial charge in [-0.1, -0.05) is 12.1 Å². The minimum absolute atomic E-state index is 0.0186. The number of hydrazone groups is 1. The predicted molar refractivity (Wildman–Crippen MR) is 77.8 cm³/mol. The van der Waals surface area contributed by atoms with Gasteiger partial charge in [-0.3, -0.25) is 4.79 Å². The number of phenols is 2. The second kappa shape index (κ2) is 6.42. The molecule has 0 aliphatic rings. The van der Waals surface area contributed by atoms with Crippen LogP contribution in [-0.2, 0) is 0 Å². The van der Waals surface area contributed by atoms with E-state index in [-0.39, 0.29) is 17.1 Å². The number of nitrogens with zero attached hydrogens (tertiary/aromatic N) is 1. The van der Waals surface area contributed by atoms with Crippen molar-refractivity contribution in [1.82, 2.24) is 5.43 Å². The van der Waals surface area contributed by atoms with Gasteiger partial charge in [0.15, 0.2) is 0 Å². The summed E-state index contributed by atoms with van der Waals surface area (Å²) in [4.78, 5) is 11.8. The molecule has 6 heteroatoms. The Labute approximate surface area is 121 Å². The molecule has 2 rings (SSSR count). The van der Waals surface area contributed by atoms with Crippen molar-refractivity contribution in [3.05, 3.63) is 53.6 Å². The highest BCUT2D eigenvalue weighted by atomic mass is 16.5. The van der Waals surface area contributed by atoms with Crippen LogP contribution in [0.2, 0.25) is 0 Å². The van der Waals surface area contributed by atoms with E-state index in [1.807, 2.05) is 0 Å². The van der Waals surface area contributed by atoms with E-state index >= 15 is 0 Å². The van der Waals surface area contributed by atoms with Gasteiger partial charge >= 0.3 is 0 Å². The molecule has 0 saturated carbocycles. The van der Waals surface area contributed by atoms with Gasteiger partial charge < -0.3 is 14.9 Å². The topological polar surface area (TPSA) is 91.2 Å². The number of carbonyl (C=O) groups excluding carboxylic acids is 1. The minimum atomic E-state index is -0.544. The molecule has 108 valence electrons. The number of carbonyl (C=O) groups is 1. The van der Waals surface area contributed by atoms with Gasteiger partial charge in [0, 0.05) is 11.6 Å². The van der Waals surface area contributed by atoms with Crippen LogP contribution in [0.1, 0.15) is 15.9 Å². The zero-order valence-electron chi connectivity index (χ0n) is 11.3. The second-order valence-electron chi connectivity index (χ2n) is 4.14. The predicted octanol–water partition coefficient (Wildman–Crippen LogP) is 1.87. The van der Waals surface area contributed by atoms with Gasteiger partial charge in [-0.25, -0.2) is 5.43 Å². The molecular formula is C15H14N2O4. The molecule has 0 saturated heterocycles. The quantitative estimate of drug-likeness (QED) is 0.591. The summed E-state index contributed by atoms with van der Waals surface area (Å²) in [7, 11) is 1.50. The molecule has 6 nitrogen and oxygen atoms in total. The van der Waals surface area contributed by atoms with Gasteiger partial charge in [-0.05, 0) is 24.3 Å². The third kappa shape index (κ3) is 3.50. The molecule has 0 unspecified atom stereocenters. The molecule has 2 aromatic rings. The second-order valence-corrected chi connectivity index (χ2v) is 4.14. The number of nitrogens with one attached hydrogen (secondary N) is 1. The normalized spacial score (nSPS) is 10.5. The summed E-state index contributed by atoms with van der Waals surface area (Å²) in [5.74, 6) is -0.173. The Morgan fingerprint density at radius 2 is 1.95 bits per heavy atom. The van der Waals surface area contributed by atoms with Crippen molar-refractivity contribution in [3.8, 4) is 17.2 Å². The first-order chi connectivity index (χ1) is 10.1. The number of rotatable bonds is 4. The van der Waals surface area contributed by atoms with E-state index in [0.717, 1.165) is 0 Å². The Balaban J connectivity index is 2.06. The number of methoxy groups -OCH3 is 1. The molecule has 21 heavy (non-hydrogen) atoms. The Morgan fingerprint density at radius 3 is 2.62 bits per heavy atom. The van der Waals surface area contributed by atoms with Crippen LogP contribution < -0.4 is 10.2 Å². The summed E-state index contributed by atoms with van der Waals surface area (Å²) < 4.78 is 4.96. The number of hydrogen-bond acceptors (Lipinski definition) is 5. The minimum Gasteiger partial charge on any atom is -0.507 e. The number of hydrogen-bond donors (Lipinski definition) is 3. The summed E-state index contributed by atoms with van der Waals surface area (Å²) in [6.45, 7) is 0. The van der Waals surface area contributed by atoms with Gasteiger partial charge in [-0.2, -0.15) is 5.10 Å². The number of aromatic hydroxyl groups is 2. The Kier molecular flexibility index (Phi) is 4.40. The van der Waals surface area contributed by atoms with E-state index < -0.39 is 5.91 Å². The van der Waals surface area contributed by atoms with Crippen molar-refractivity contribution in [2.24, 2.45) is 5.10 Å².